The lowest BCUT2D eigenvalue weighted by molar-refractivity contribution is -0.116. The minimum absolute atomic E-state index is 0.237. The minimum atomic E-state index is -0.520. The van der Waals surface area contributed by atoms with Crippen LogP contribution < -0.4 is 20.1 Å². The van der Waals surface area contributed by atoms with E-state index in [0.717, 1.165) is 28.3 Å². The molecule has 6 nitrogen and oxygen atoms in total. The minimum Gasteiger partial charge on any atom is -0.497 e. The van der Waals surface area contributed by atoms with Crippen LogP contribution in [0.4, 0.5) is 11.4 Å². The van der Waals surface area contributed by atoms with Crippen molar-refractivity contribution in [3.63, 3.8) is 0 Å². The fourth-order valence-electron chi connectivity index (χ4n) is 3.04. The summed E-state index contributed by atoms with van der Waals surface area (Å²) in [4.78, 5) is 12.6. The van der Waals surface area contributed by atoms with Gasteiger partial charge < -0.3 is 20.1 Å². The van der Waals surface area contributed by atoms with Gasteiger partial charge in [0.05, 0.1) is 25.5 Å². The van der Waals surface area contributed by atoms with E-state index in [0.29, 0.717) is 11.3 Å². The molecule has 3 rings (SSSR count). The summed E-state index contributed by atoms with van der Waals surface area (Å²) in [5.41, 5.74) is 3.55. The first-order valence-electron chi connectivity index (χ1n) is 9.44. The molecule has 0 aliphatic heterocycles. The molecule has 0 aliphatic carbocycles. The van der Waals surface area contributed by atoms with Gasteiger partial charge >= 0.3 is 0 Å². The number of nitriles is 1. The predicted molar refractivity (Wildman–Crippen MR) is 118 cm³/mol. The largest absolute Gasteiger partial charge is 0.497 e. The van der Waals surface area contributed by atoms with Crippen LogP contribution in [0.3, 0.4) is 0 Å². The number of ether oxygens (including phenoxy) is 2. The fourth-order valence-corrected chi connectivity index (χ4v) is 3.04. The third-order valence-electron chi connectivity index (χ3n) is 4.68. The quantitative estimate of drug-likeness (QED) is 0.600. The van der Waals surface area contributed by atoms with Gasteiger partial charge in [0.2, 0.25) is 5.91 Å². The van der Waals surface area contributed by atoms with Gasteiger partial charge in [0.25, 0.3) is 0 Å². The summed E-state index contributed by atoms with van der Waals surface area (Å²) >= 11 is 0. The number of rotatable bonds is 7. The van der Waals surface area contributed by atoms with E-state index >= 15 is 0 Å². The molecule has 0 heterocycles. The molecule has 0 spiro atoms. The van der Waals surface area contributed by atoms with Crippen LogP contribution in [0.2, 0.25) is 0 Å². The Morgan fingerprint density at radius 3 is 2.40 bits per heavy atom. The lowest BCUT2D eigenvalue weighted by atomic mass is 10.0. The summed E-state index contributed by atoms with van der Waals surface area (Å²) in [5, 5.41) is 15.2. The summed E-state index contributed by atoms with van der Waals surface area (Å²) in [6, 6.07) is 21.8. The van der Waals surface area contributed by atoms with Crippen LogP contribution in [-0.2, 0) is 4.79 Å². The lowest BCUT2D eigenvalue weighted by Crippen LogP contribution is -2.32. The number of anilines is 2. The van der Waals surface area contributed by atoms with Crippen molar-refractivity contribution in [1.29, 1.82) is 5.26 Å². The lowest BCUT2D eigenvalue weighted by Gasteiger charge is -2.18. The number of nitrogens with one attached hydrogen (secondary N) is 2. The SMILES string of the molecule is COc1ccc(-c2cc(N[C@H](C)C(=O)Nc3ccccc3C#N)ccc2OC)cc1. The van der Waals surface area contributed by atoms with Gasteiger partial charge in [-0.15, -0.1) is 0 Å². The molecule has 0 aromatic heterocycles. The van der Waals surface area contributed by atoms with Gasteiger partial charge in [-0.2, -0.15) is 5.26 Å². The molecule has 0 saturated carbocycles. The second kappa shape index (κ2) is 9.48. The Kier molecular flexibility index (Phi) is 6.56. The monoisotopic (exact) mass is 401 g/mol. The number of carbonyl (C=O) groups is 1. The molecule has 3 aromatic carbocycles. The number of para-hydroxylation sites is 1. The van der Waals surface area contributed by atoms with Gasteiger partial charge in [-0.3, -0.25) is 4.79 Å². The topological polar surface area (TPSA) is 83.4 Å². The van der Waals surface area contributed by atoms with E-state index in [1.54, 1.807) is 45.4 Å². The maximum atomic E-state index is 12.6. The smallest absolute Gasteiger partial charge is 0.246 e. The third-order valence-corrected chi connectivity index (χ3v) is 4.68. The molecule has 0 fully saturated rings. The van der Waals surface area contributed by atoms with Crippen LogP contribution in [-0.4, -0.2) is 26.2 Å². The van der Waals surface area contributed by atoms with Crippen molar-refractivity contribution in [2.75, 3.05) is 24.9 Å². The van der Waals surface area contributed by atoms with Gasteiger partial charge in [0.1, 0.15) is 23.6 Å². The van der Waals surface area contributed by atoms with Crippen molar-refractivity contribution < 1.29 is 14.3 Å². The Morgan fingerprint density at radius 1 is 1.00 bits per heavy atom. The molecule has 0 unspecified atom stereocenters. The van der Waals surface area contributed by atoms with E-state index in [-0.39, 0.29) is 5.91 Å². The first kappa shape index (κ1) is 20.7. The molecule has 0 aliphatic rings. The summed E-state index contributed by atoms with van der Waals surface area (Å²) in [6.07, 6.45) is 0. The summed E-state index contributed by atoms with van der Waals surface area (Å²) in [5.74, 6) is 1.26. The molecular formula is C24H23N3O3. The van der Waals surface area contributed by atoms with Crippen molar-refractivity contribution in [3.8, 4) is 28.7 Å². The Hall–Kier alpha value is -3.98. The van der Waals surface area contributed by atoms with Gasteiger partial charge in [-0.25, -0.2) is 0 Å². The van der Waals surface area contributed by atoms with Crippen LogP contribution in [0.15, 0.2) is 66.7 Å². The standard InChI is InChI=1S/C24H23N3O3/c1-16(24(28)27-22-7-5-4-6-18(22)15-25)26-19-10-13-23(30-3)21(14-19)17-8-11-20(29-2)12-9-17/h4-14,16,26H,1-3H3,(H,27,28)/t16-/m1/s1. The van der Waals surface area contributed by atoms with Crippen LogP contribution in [0.1, 0.15) is 12.5 Å². The number of methoxy groups -OCH3 is 2. The number of carbonyl (C=O) groups excluding carboxylic acids is 1. The number of amides is 1. The van der Waals surface area contributed by atoms with Gasteiger partial charge in [0, 0.05) is 11.3 Å². The number of benzene rings is 3. The molecule has 0 saturated heterocycles. The zero-order valence-electron chi connectivity index (χ0n) is 17.1. The maximum Gasteiger partial charge on any atom is 0.246 e. The fraction of sp³-hybridized carbons (Fsp3) is 0.167. The normalized spacial score (nSPS) is 11.1. The molecule has 6 heteroatoms. The molecule has 0 bridgehead atoms. The molecule has 152 valence electrons. The molecule has 3 aromatic rings. The first-order valence-corrected chi connectivity index (χ1v) is 9.44. The van der Waals surface area contributed by atoms with Crippen molar-refractivity contribution in [1.82, 2.24) is 0 Å². The Morgan fingerprint density at radius 2 is 1.73 bits per heavy atom. The van der Waals surface area contributed by atoms with Gasteiger partial charge in [-0.05, 0) is 55.0 Å². The van der Waals surface area contributed by atoms with Gasteiger partial charge in [0.15, 0.2) is 0 Å². The van der Waals surface area contributed by atoms with Crippen molar-refractivity contribution in [2.24, 2.45) is 0 Å². The highest BCUT2D eigenvalue weighted by atomic mass is 16.5. The van der Waals surface area contributed by atoms with E-state index in [4.69, 9.17) is 9.47 Å². The van der Waals surface area contributed by atoms with Crippen LogP contribution >= 0.6 is 0 Å². The Labute approximate surface area is 176 Å². The second-order valence-corrected chi connectivity index (χ2v) is 6.66. The third kappa shape index (κ3) is 4.70. The zero-order chi connectivity index (χ0) is 21.5. The summed E-state index contributed by atoms with van der Waals surface area (Å²) < 4.78 is 10.7. The zero-order valence-corrected chi connectivity index (χ0v) is 17.1. The van der Waals surface area contributed by atoms with E-state index in [1.165, 1.54) is 0 Å². The highest BCUT2D eigenvalue weighted by molar-refractivity contribution is 5.97. The average molecular weight is 401 g/mol. The van der Waals surface area contributed by atoms with Crippen molar-refractivity contribution in [2.45, 2.75) is 13.0 Å². The second-order valence-electron chi connectivity index (χ2n) is 6.66. The Balaban J connectivity index is 1.78. The van der Waals surface area contributed by atoms with E-state index < -0.39 is 6.04 Å². The highest BCUT2D eigenvalue weighted by Crippen LogP contribution is 2.33. The molecular weight excluding hydrogens is 378 g/mol. The predicted octanol–water partition coefficient (Wildman–Crippen LogP) is 4.68. The van der Waals surface area contributed by atoms with Crippen LogP contribution in [0, 0.1) is 11.3 Å². The molecule has 1 atom stereocenters. The average Bonchev–Trinajstić information content (AvgIpc) is 2.79. The molecule has 1 amide bonds. The Bertz CT molecular complexity index is 1070. The van der Waals surface area contributed by atoms with Crippen LogP contribution in [0.25, 0.3) is 11.1 Å². The van der Waals surface area contributed by atoms with E-state index in [2.05, 4.69) is 16.7 Å². The maximum absolute atomic E-state index is 12.6. The number of nitrogens with zero attached hydrogens (tertiary/aromatic N) is 1. The van der Waals surface area contributed by atoms with Crippen molar-refractivity contribution >= 4 is 17.3 Å². The molecule has 0 radical (unpaired) electrons. The van der Waals surface area contributed by atoms with Gasteiger partial charge in [-0.1, -0.05) is 24.3 Å². The van der Waals surface area contributed by atoms with E-state index in [9.17, 15) is 10.1 Å². The van der Waals surface area contributed by atoms with Crippen LogP contribution in [0.5, 0.6) is 11.5 Å². The summed E-state index contributed by atoms with van der Waals surface area (Å²) in [6.45, 7) is 1.77. The number of hydrogen-bond donors (Lipinski definition) is 2. The number of hydrogen-bond acceptors (Lipinski definition) is 5. The van der Waals surface area contributed by atoms with E-state index in [1.807, 2.05) is 42.5 Å². The molecule has 2 N–H and O–H groups in total. The summed E-state index contributed by atoms with van der Waals surface area (Å²) in [7, 11) is 3.25. The molecule has 30 heavy (non-hydrogen) atoms. The highest BCUT2D eigenvalue weighted by Gasteiger charge is 2.16. The van der Waals surface area contributed by atoms with Crippen molar-refractivity contribution in [3.05, 3.63) is 72.3 Å². The first-order chi connectivity index (χ1) is 14.5.